The Hall–Kier alpha value is -2.08. The third-order valence-corrected chi connectivity index (χ3v) is 3.46. The lowest BCUT2D eigenvalue weighted by atomic mass is 10.2. The molecule has 0 aliphatic heterocycles. The van der Waals surface area contributed by atoms with Crippen LogP contribution in [-0.2, 0) is 0 Å². The summed E-state index contributed by atoms with van der Waals surface area (Å²) in [4.78, 5) is 12.1. The fourth-order valence-corrected chi connectivity index (χ4v) is 2.27. The minimum absolute atomic E-state index is 0.0614. The first kappa shape index (κ1) is 15.3. The molecule has 0 fully saturated rings. The number of anilines is 1. The Bertz CT molecular complexity index is 676. The predicted molar refractivity (Wildman–Crippen MR) is 81.6 cm³/mol. The monoisotopic (exact) mass is 353 g/mol. The van der Waals surface area contributed by atoms with E-state index in [0.717, 1.165) is 0 Å². The molecule has 0 aliphatic carbocycles. The molecule has 21 heavy (non-hydrogen) atoms. The molecular formula is C15H13BrFNO3. The summed E-state index contributed by atoms with van der Waals surface area (Å²) in [5.74, 6) is 0.115. The molecule has 0 aliphatic rings. The van der Waals surface area contributed by atoms with Crippen LogP contribution in [-0.4, -0.2) is 20.1 Å². The zero-order valence-electron chi connectivity index (χ0n) is 11.4. The molecule has 0 unspecified atom stereocenters. The minimum Gasteiger partial charge on any atom is -0.497 e. The summed E-state index contributed by atoms with van der Waals surface area (Å²) in [5, 5.41) is 2.51. The highest BCUT2D eigenvalue weighted by molar-refractivity contribution is 9.10. The number of amides is 1. The number of ether oxygens (including phenoxy) is 2. The van der Waals surface area contributed by atoms with Crippen LogP contribution in [0.5, 0.6) is 11.5 Å². The smallest absolute Gasteiger partial charge is 0.255 e. The van der Waals surface area contributed by atoms with Gasteiger partial charge in [0.25, 0.3) is 5.91 Å². The van der Waals surface area contributed by atoms with E-state index in [9.17, 15) is 9.18 Å². The van der Waals surface area contributed by atoms with Gasteiger partial charge in [0.2, 0.25) is 0 Å². The second kappa shape index (κ2) is 6.58. The molecule has 110 valence electrons. The Kier molecular flexibility index (Phi) is 4.80. The van der Waals surface area contributed by atoms with Gasteiger partial charge in [-0.05, 0) is 46.3 Å². The number of carbonyl (C=O) groups is 1. The van der Waals surface area contributed by atoms with E-state index in [-0.39, 0.29) is 5.69 Å². The van der Waals surface area contributed by atoms with Crippen molar-refractivity contribution in [2.75, 3.05) is 19.5 Å². The first-order chi connectivity index (χ1) is 10.0. The maximum atomic E-state index is 13.7. The summed E-state index contributed by atoms with van der Waals surface area (Å²) in [6, 6.07) is 8.99. The summed E-state index contributed by atoms with van der Waals surface area (Å²) < 4.78 is 24.4. The van der Waals surface area contributed by atoms with Crippen molar-refractivity contribution in [1.29, 1.82) is 0 Å². The van der Waals surface area contributed by atoms with Crippen LogP contribution >= 0.6 is 15.9 Å². The highest BCUT2D eigenvalue weighted by atomic mass is 79.9. The van der Waals surface area contributed by atoms with Crippen LogP contribution in [0, 0.1) is 5.82 Å². The third-order valence-electron chi connectivity index (χ3n) is 2.84. The predicted octanol–water partition coefficient (Wildman–Crippen LogP) is 3.86. The molecule has 0 saturated carbocycles. The molecule has 2 rings (SSSR count). The number of methoxy groups -OCH3 is 2. The van der Waals surface area contributed by atoms with Crippen molar-refractivity contribution in [2.45, 2.75) is 0 Å². The van der Waals surface area contributed by atoms with Crippen molar-refractivity contribution in [1.82, 2.24) is 0 Å². The lowest BCUT2D eigenvalue weighted by Crippen LogP contribution is -2.13. The Morgan fingerprint density at radius 2 is 1.90 bits per heavy atom. The number of hydrogen-bond acceptors (Lipinski definition) is 3. The van der Waals surface area contributed by atoms with Gasteiger partial charge < -0.3 is 14.8 Å². The van der Waals surface area contributed by atoms with Crippen molar-refractivity contribution in [3.05, 3.63) is 52.3 Å². The topological polar surface area (TPSA) is 47.6 Å². The first-order valence-corrected chi connectivity index (χ1v) is 6.83. The van der Waals surface area contributed by atoms with E-state index >= 15 is 0 Å². The van der Waals surface area contributed by atoms with Crippen LogP contribution in [0.25, 0.3) is 0 Å². The minimum atomic E-state index is -0.531. The normalized spacial score (nSPS) is 10.1. The van der Waals surface area contributed by atoms with Crippen molar-refractivity contribution in [2.24, 2.45) is 0 Å². The molecule has 1 N–H and O–H groups in total. The summed E-state index contributed by atoms with van der Waals surface area (Å²) in [6.07, 6.45) is 0. The maximum absolute atomic E-state index is 13.7. The van der Waals surface area contributed by atoms with E-state index in [1.807, 2.05) is 0 Å². The van der Waals surface area contributed by atoms with Gasteiger partial charge in [0.1, 0.15) is 17.3 Å². The molecule has 0 heterocycles. The van der Waals surface area contributed by atoms with E-state index in [1.54, 1.807) is 18.2 Å². The van der Waals surface area contributed by atoms with Gasteiger partial charge in [0.05, 0.1) is 24.4 Å². The number of hydrogen-bond donors (Lipinski definition) is 1. The van der Waals surface area contributed by atoms with Gasteiger partial charge >= 0.3 is 0 Å². The van der Waals surface area contributed by atoms with Crippen molar-refractivity contribution in [3.8, 4) is 11.5 Å². The van der Waals surface area contributed by atoms with E-state index < -0.39 is 11.7 Å². The standard InChI is InChI=1S/C15H13BrFNO3/c1-20-10-4-5-12(17)13(8-10)18-15(19)9-3-6-14(21-2)11(16)7-9/h3-8H,1-2H3,(H,18,19). The maximum Gasteiger partial charge on any atom is 0.255 e. The van der Waals surface area contributed by atoms with Crippen LogP contribution in [0.3, 0.4) is 0 Å². The second-order valence-corrected chi connectivity index (χ2v) is 5.00. The van der Waals surface area contributed by atoms with Gasteiger partial charge in [0.15, 0.2) is 0 Å². The molecule has 6 heteroatoms. The third kappa shape index (κ3) is 3.52. The van der Waals surface area contributed by atoms with Gasteiger partial charge in [0, 0.05) is 11.6 Å². The molecule has 0 spiro atoms. The zero-order valence-corrected chi connectivity index (χ0v) is 13.0. The first-order valence-electron chi connectivity index (χ1n) is 6.03. The van der Waals surface area contributed by atoms with Gasteiger partial charge in [-0.1, -0.05) is 0 Å². The number of halogens is 2. The summed E-state index contributed by atoms with van der Waals surface area (Å²) in [5.41, 5.74) is 0.441. The zero-order chi connectivity index (χ0) is 15.4. The van der Waals surface area contributed by atoms with Crippen LogP contribution < -0.4 is 14.8 Å². The van der Waals surface area contributed by atoms with Crippen LogP contribution in [0.4, 0.5) is 10.1 Å². The summed E-state index contributed by atoms with van der Waals surface area (Å²) in [7, 11) is 3.00. The Balaban J connectivity index is 2.23. The molecule has 2 aromatic rings. The lowest BCUT2D eigenvalue weighted by Gasteiger charge is -2.09. The molecule has 4 nitrogen and oxygen atoms in total. The molecule has 0 radical (unpaired) electrons. The van der Waals surface area contributed by atoms with E-state index in [4.69, 9.17) is 9.47 Å². The molecular weight excluding hydrogens is 341 g/mol. The van der Waals surface area contributed by atoms with E-state index in [0.29, 0.717) is 21.5 Å². The number of rotatable bonds is 4. The largest absolute Gasteiger partial charge is 0.497 e. The number of carbonyl (C=O) groups excluding carboxylic acids is 1. The second-order valence-electron chi connectivity index (χ2n) is 4.15. The number of nitrogens with one attached hydrogen (secondary N) is 1. The van der Waals surface area contributed by atoms with Crippen LogP contribution in [0.15, 0.2) is 40.9 Å². The molecule has 0 bridgehead atoms. The Labute approximate surface area is 130 Å². The highest BCUT2D eigenvalue weighted by Gasteiger charge is 2.12. The van der Waals surface area contributed by atoms with Gasteiger partial charge in [-0.15, -0.1) is 0 Å². The molecule has 0 atom stereocenters. The average molecular weight is 354 g/mol. The quantitative estimate of drug-likeness (QED) is 0.907. The SMILES string of the molecule is COc1ccc(F)c(NC(=O)c2ccc(OC)c(Br)c2)c1. The summed E-state index contributed by atoms with van der Waals surface area (Å²) in [6.45, 7) is 0. The lowest BCUT2D eigenvalue weighted by molar-refractivity contribution is 0.102. The van der Waals surface area contributed by atoms with Crippen molar-refractivity contribution < 1.29 is 18.7 Å². The van der Waals surface area contributed by atoms with Crippen molar-refractivity contribution in [3.63, 3.8) is 0 Å². The molecule has 1 amide bonds. The summed E-state index contributed by atoms with van der Waals surface area (Å²) >= 11 is 3.30. The fraction of sp³-hybridized carbons (Fsp3) is 0.133. The number of benzene rings is 2. The average Bonchev–Trinajstić information content (AvgIpc) is 2.49. The fourth-order valence-electron chi connectivity index (χ4n) is 1.73. The molecule has 0 aromatic heterocycles. The Morgan fingerprint density at radius 1 is 1.14 bits per heavy atom. The molecule has 2 aromatic carbocycles. The van der Waals surface area contributed by atoms with Gasteiger partial charge in [-0.3, -0.25) is 4.79 Å². The van der Waals surface area contributed by atoms with Crippen LogP contribution in [0.2, 0.25) is 0 Å². The van der Waals surface area contributed by atoms with Gasteiger partial charge in [-0.25, -0.2) is 4.39 Å². The van der Waals surface area contributed by atoms with Crippen molar-refractivity contribution >= 4 is 27.5 Å². The van der Waals surface area contributed by atoms with Crippen LogP contribution in [0.1, 0.15) is 10.4 Å². The molecule has 0 saturated heterocycles. The van der Waals surface area contributed by atoms with E-state index in [2.05, 4.69) is 21.2 Å². The van der Waals surface area contributed by atoms with E-state index in [1.165, 1.54) is 32.4 Å². The highest BCUT2D eigenvalue weighted by Crippen LogP contribution is 2.26. The van der Waals surface area contributed by atoms with Gasteiger partial charge in [-0.2, -0.15) is 0 Å². The Morgan fingerprint density at radius 3 is 2.52 bits per heavy atom.